The molecule has 1 aromatic carbocycles. The average molecular weight is 386 g/mol. The maximum absolute atomic E-state index is 12.8. The fraction of sp³-hybridized carbons (Fsp3) is 0.579. The summed E-state index contributed by atoms with van der Waals surface area (Å²) in [5.41, 5.74) is -1.04. The minimum Gasteiger partial charge on any atom is -0.444 e. The molecule has 1 aromatic rings. The number of hydrogen-bond donors (Lipinski definition) is 0. The van der Waals surface area contributed by atoms with Crippen LogP contribution in [0, 0.1) is 0 Å². The van der Waals surface area contributed by atoms with Gasteiger partial charge in [0.15, 0.2) is 0 Å². The van der Waals surface area contributed by atoms with Gasteiger partial charge in [-0.3, -0.25) is 9.69 Å². The number of benzene rings is 1. The summed E-state index contributed by atoms with van der Waals surface area (Å²) in [6.45, 7) is 5.69. The Hall–Kier alpha value is -2.25. The molecule has 1 fully saturated rings. The Bertz CT molecular complexity index is 698. The van der Waals surface area contributed by atoms with Crippen molar-refractivity contribution in [2.75, 3.05) is 13.6 Å². The SMILES string of the molecule is CN(Cc1cccc(C(F)(F)F)c1)C(=O)C1CCCN1C(=O)OC(C)(C)C. The number of nitrogens with zero attached hydrogens (tertiary/aromatic N) is 2. The molecule has 1 saturated heterocycles. The van der Waals surface area contributed by atoms with Crippen molar-refractivity contribution < 1.29 is 27.5 Å². The van der Waals surface area contributed by atoms with Crippen LogP contribution in [0.1, 0.15) is 44.7 Å². The van der Waals surface area contributed by atoms with Gasteiger partial charge in [0, 0.05) is 20.1 Å². The number of likely N-dealkylation sites (N-methyl/N-ethyl adjacent to an activating group) is 1. The molecule has 0 saturated carbocycles. The Morgan fingerprint density at radius 1 is 1.26 bits per heavy atom. The standard InChI is InChI=1S/C19H25F3N2O3/c1-18(2,3)27-17(26)24-10-6-9-15(24)16(25)23(4)12-13-7-5-8-14(11-13)19(20,21)22/h5,7-8,11,15H,6,9-10,12H2,1-4H3. The summed E-state index contributed by atoms with van der Waals surface area (Å²) in [5.74, 6) is -0.309. The molecule has 1 atom stereocenters. The Labute approximate surface area is 157 Å². The van der Waals surface area contributed by atoms with Gasteiger partial charge in [0.25, 0.3) is 0 Å². The van der Waals surface area contributed by atoms with Gasteiger partial charge in [0.2, 0.25) is 5.91 Å². The van der Waals surface area contributed by atoms with Crippen LogP contribution in [0.15, 0.2) is 24.3 Å². The van der Waals surface area contributed by atoms with Gasteiger partial charge in [-0.1, -0.05) is 12.1 Å². The van der Waals surface area contributed by atoms with Gasteiger partial charge in [-0.05, 0) is 51.3 Å². The predicted molar refractivity (Wildman–Crippen MR) is 93.9 cm³/mol. The molecular formula is C19H25F3N2O3. The molecule has 1 unspecified atom stereocenters. The molecule has 5 nitrogen and oxygen atoms in total. The van der Waals surface area contributed by atoms with Crippen LogP contribution in [-0.4, -0.2) is 47.0 Å². The first-order valence-corrected chi connectivity index (χ1v) is 8.79. The zero-order valence-corrected chi connectivity index (χ0v) is 16.0. The highest BCUT2D eigenvalue weighted by molar-refractivity contribution is 5.86. The maximum Gasteiger partial charge on any atom is 0.416 e. The first-order valence-electron chi connectivity index (χ1n) is 8.79. The molecule has 0 aromatic heterocycles. The van der Waals surface area contributed by atoms with Gasteiger partial charge in [-0.2, -0.15) is 13.2 Å². The molecular weight excluding hydrogens is 361 g/mol. The highest BCUT2D eigenvalue weighted by Gasteiger charge is 2.38. The minimum absolute atomic E-state index is 0.0292. The summed E-state index contributed by atoms with van der Waals surface area (Å²) in [7, 11) is 1.52. The number of hydrogen-bond acceptors (Lipinski definition) is 3. The van der Waals surface area contributed by atoms with E-state index in [4.69, 9.17) is 4.74 Å². The average Bonchev–Trinajstić information content (AvgIpc) is 3.01. The zero-order valence-electron chi connectivity index (χ0n) is 16.0. The van der Waals surface area contributed by atoms with E-state index in [1.165, 1.54) is 22.9 Å². The van der Waals surface area contributed by atoms with E-state index in [1.807, 2.05) is 0 Å². The lowest BCUT2D eigenvalue weighted by molar-refractivity contribution is -0.137. The van der Waals surface area contributed by atoms with Crippen molar-refractivity contribution in [2.45, 2.75) is 58.0 Å². The van der Waals surface area contributed by atoms with E-state index >= 15 is 0 Å². The van der Waals surface area contributed by atoms with Gasteiger partial charge in [-0.15, -0.1) is 0 Å². The smallest absolute Gasteiger partial charge is 0.416 e. The van der Waals surface area contributed by atoms with Gasteiger partial charge < -0.3 is 9.64 Å². The van der Waals surface area contributed by atoms with Crippen LogP contribution in [0.4, 0.5) is 18.0 Å². The fourth-order valence-electron chi connectivity index (χ4n) is 3.01. The highest BCUT2D eigenvalue weighted by Crippen LogP contribution is 2.30. The second kappa shape index (κ2) is 7.78. The van der Waals surface area contributed by atoms with Crippen molar-refractivity contribution >= 4 is 12.0 Å². The van der Waals surface area contributed by atoms with Gasteiger partial charge in [0.1, 0.15) is 11.6 Å². The molecule has 0 aliphatic carbocycles. The minimum atomic E-state index is -4.43. The normalized spacial score (nSPS) is 17.7. The molecule has 1 aliphatic rings. The number of rotatable bonds is 3. The van der Waals surface area contributed by atoms with Crippen LogP contribution in [0.2, 0.25) is 0 Å². The van der Waals surface area contributed by atoms with Gasteiger partial charge in [0.05, 0.1) is 5.56 Å². The second-order valence-electron chi connectivity index (χ2n) is 7.72. The second-order valence-corrected chi connectivity index (χ2v) is 7.72. The molecule has 1 heterocycles. The van der Waals surface area contributed by atoms with E-state index in [1.54, 1.807) is 26.8 Å². The molecule has 0 bridgehead atoms. The lowest BCUT2D eigenvalue weighted by atomic mass is 10.1. The van der Waals surface area contributed by atoms with Gasteiger partial charge in [-0.25, -0.2) is 4.79 Å². The van der Waals surface area contributed by atoms with Crippen molar-refractivity contribution in [3.63, 3.8) is 0 Å². The number of alkyl halides is 3. The van der Waals surface area contributed by atoms with E-state index in [2.05, 4.69) is 0 Å². The summed E-state index contributed by atoms with van der Waals surface area (Å²) >= 11 is 0. The summed E-state index contributed by atoms with van der Waals surface area (Å²) in [5, 5.41) is 0. The van der Waals surface area contributed by atoms with E-state index < -0.39 is 29.5 Å². The van der Waals surface area contributed by atoms with Crippen molar-refractivity contribution in [3.05, 3.63) is 35.4 Å². The highest BCUT2D eigenvalue weighted by atomic mass is 19.4. The number of amides is 2. The van der Waals surface area contributed by atoms with Gasteiger partial charge >= 0.3 is 12.3 Å². The zero-order chi connectivity index (χ0) is 20.4. The third-order valence-electron chi connectivity index (χ3n) is 4.22. The largest absolute Gasteiger partial charge is 0.444 e. The molecule has 1 aliphatic heterocycles. The summed E-state index contributed by atoms with van der Waals surface area (Å²) in [6.07, 6.45) is -3.80. The van der Waals surface area contributed by atoms with Crippen LogP contribution in [-0.2, 0) is 22.3 Å². The topological polar surface area (TPSA) is 49.9 Å². The lowest BCUT2D eigenvalue weighted by Gasteiger charge is -2.30. The van der Waals surface area contributed by atoms with Crippen LogP contribution in [0.25, 0.3) is 0 Å². The number of likely N-dealkylation sites (tertiary alicyclic amines) is 1. The predicted octanol–water partition coefficient (Wildman–Crippen LogP) is 4.06. The molecule has 0 radical (unpaired) electrons. The molecule has 150 valence electrons. The van der Waals surface area contributed by atoms with Crippen molar-refractivity contribution in [1.82, 2.24) is 9.80 Å². The first kappa shape index (κ1) is 21.1. The van der Waals surface area contributed by atoms with E-state index in [9.17, 15) is 22.8 Å². The number of carbonyl (C=O) groups excluding carboxylic acids is 2. The Morgan fingerprint density at radius 3 is 2.52 bits per heavy atom. The summed E-state index contributed by atoms with van der Waals surface area (Å²) in [6, 6.07) is 4.23. The van der Waals surface area contributed by atoms with Crippen molar-refractivity contribution in [3.8, 4) is 0 Å². The quantitative estimate of drug-likeness (QED) is 0.787. The van der Waals surface area contributed by atoms with Crippen LogP contribution in [0.3, 0.4) is 0 Å². The summed E-state index contributed by atoms with van der Waals surface area (Å²) < 4.78 is 43.9. The molecule has 2 rings (SSSR count). The summed E-state index contributed by atoms with van der Waals surface area (Å²) in [4.78, 5) is 27.8. The van der Waals surface area contributed by atoms with Crippen LogP contribution >= 0.6 is 0 Å². The van der Waals surface area contributed by atoms with Crippen molar-refractivity contribution in [1.29, 1.82) is 0 Å². The molecule has 2 amide bonds. The molecule has 27 heavy (non-hydrogen) atoms. The third kappa shape index (κ3) is 5.61. The first-order chi connectivity index (χ1) is 12.4. The fourth-order valence-corrected chi connectivity index (χ4v) is 3.01. The lowest BCUT2D eigenvalue weighted by Crippen LogP contribution is -2.47. The Morgan fingerprint density at radius 2 is 1.93 bits per heavy atom. The number of ether oxygens (including phenoxy) is 1. The van der Waals surface area contributed by atoms with E-state index in [-0.39, 0.29) is 12.5 Å². The third-order valence-corrected chi connectivity index (χ3v) is 4.22. The van der Waals surface area contributed by atoms with Crippen molar-refractivity contribution in [2.24, 2.45) is 0 Å². The Balaban J connectivity index is 2.07. The molecule has 0 spiro atoms. The monoisotopic (exact) mass is 386 g/mol. The number of halogens is 3. The Kier molecular flexibility index (Phi) is 6.07. The maximum atomic E-state index is 12.8. The molecule has 0 N–H and O–H groups in total. The van der Waals surface area contributed by atoms with Crippen LogP contribution in [0.5, 0.6) is 0 Å². The van der Waals surface area contributed by atoms with E-state index in [0.29, 0.717) is 24.9 Å². The van der Waals surface area contributed by atoms with Crippen LogP contribution < -0.4 is 0 Å². The van der Waals surface area contributed by atoms with E-state index in [0.717, 1.165) is 12.1 Å². The number of carbonyl (C=O) groups is 2. The molecule has 8 heteroatoms.